The van der Waals surface area contributed by atoms with Crippen molar-refractivity contribution in [1.82, 2.24) is 14.9 Å². The standard InChI is InChI=1S/C20H27N3OS/c1-14-7-6-9-17(13-14)23-12-11-21-20(23)25-16(3)19(24)22-18-10-5-4-8-15(18)2/h6-7,9,11-13,15-16,18H,4-5,8,10H2,1-3H3,(H,22,24). The molecule has 1 aliphatic carbocycles. The van der Waals surface area contributed by atoms with Crippen LogP contribution in [0.2, 0.25) is 0 Å². The maximum Gasteiger partial charge on any atom is 0.233 e. The zero-order chi connectivity index (χ0) is 17.8. The van der Waals surface area contributed by atoms with Crippen molar-refractivity contribution in [2.75, 3.05) is 0 Å². The van der Waals surface area contributed by atoms with Crippen molar-refractivity contribution in [1.29, 1.82) is 0 Å². The van der Waals surface area contributed by atoms with Gasteiger partial charge >= 0.3 is 0 Å². The number of nitrogens with zero attached hydrogens (tertiary/aromatic N) is 2. The zero-order valence-corrected chi connectivity index (χ0v) is 16.1. The van der Waals surface area contributed by atoms with Crippen LogP contribution in [0.25, 0.3) is 5.69 Å². The molecule has 25 heavy (non-hydrogen) atoms. The summed E-state index contributed by atoms with van der Waals surface area (Å²) in [5.41, 5.74) is 2.28. The maximum atomic E-state index is 12.6. The molecule has 1 N–H and O–H groups in total. The van der Waals surface area contributed by atoms with Crippen LogP contribution >= 0.6 is 11.8 Å². The first kappa shape index (κ1) is 18.1. The van der Waals surface area contributed by atoms with Gasteiger partial charge in [-0.15, -0.1) is 0 Å². The number of nitrogens with one attached hydrogen (secondary N) is 1. The third-order valence-electron chi connectivity index (χ3n) is 4.98. The fraction of sp³-hybridized carbons (Fsp3) is 0.500. The van der Waals surface area contributed by atoms with Crippen molar-refractivity contribution in [3.8, 4) is 5.69 Å². The molecule has 0 bridgehead atoms. The van der Waals surface area contributed by atoms with Gasteiger partial charge in [-0.1, -0.05) is 43.7 Å². The van der Waals surface area contributed by atoms with Crippen molar-refractivity contribution in [2.45, 2.75) is 62.9 Å². The number of rotatable bonds is 5. The minimum Gasteiger partial charge on any atom is -0.352 e. The van der Waals surface area contributed by atoms with Crippen LogP contribution in [0.4, 0.5) is 0 Å². The average Bonchev–Trinajstić information content (AvgIpc) is 3.05. The van der Waals surface area contributed by atoms with E-state index in [0.717, 1.165) is 17.3 Å². The lowest BCUT2D eigenvalue weighted by Crippen LogP contribution is -2.44. The van der Waals surface area contributed by atoms with Crippen molar-refractivity contribution >= 4 is 17.7 Å². The molecule has 0 saturated heterocycles. The summed E-state index contributed by atoms with van der Waals surface area (Å²) in [4.78, 5) is 17.1. The summed E-state index contributed by atoms with van der Waals surface area (Å²) in [6, 6.07) is 8.63. The Bertz CT molecular complexity index is 727. The number of hydrogen-bond donors (Lipinski definition) is 1. The van der Waals surface area contributed by atoms with Crippen molar-refractivity contribution in [3.05, 3.63) is 42.2 Å². The van der Waals surface area contributed by atoms with Crippen LogP contribution in [0, 0.1) is 12.8 Å². The van der Waals surface area contributed by atoms with Gasteiger partial charge < -0.3 is 5.32 Å². The second-order valence-electron chi connectivity index (χ2n) is 7.06. The molecule has 0 spiro atoms. The van der Waals surface area contributed by atoms with Gasteiger partial charge in [0.1, 0.15) is 0 Å². The topological polar surface area (TPSA) is 46.9 Å². The van der Waals surface area contributed by atoms with Crippen LogP contribution in [-0.2, 0) is 4.79 Å². The smallest absolute Gasteiger partial charge is 0.233 e. The second kappa shape index (κ2) is 8.09. The molecule has 0 radical (unpaired) electrons. The molecule has 5 heteroatoms. The molecule has 1 aromatic carbocycles. The third-order valence-corrected chi connectivity index (χ3v) is 6.06. The minimum absolute atomic E-state index is 0.113. The second-order valence-corrected chi connectivity index (χ2v) is 8.36. The lowest BCUT2D eigenvalue weighted by Gasteiger charge is -2.30. The summed E-state index contributed by atoms with van der Waals surface area (Å²) in [5.74, 6) is 0.687. The molecule has 1 aromatic heterocycles. The van der Waals surface area contributed by atoms with Crippen LogP contribution in [-0.4, -0.2) is 26.8 Å². The first-order chi connectivity index (χ1) is 12.0. The molecule has 3 unspecified atom stereocenters. The predicted molar refractivity (Wildman–Crippen MR) is 103 cm³/mol. The number of thioether (sulfide) groups is 1. The number of aryl methyl sites for hydroxylation is 1. The zero-order valence-electron chi connectivity index (χ0n) is 15.2. The molecule has 1 fully saturated rings. The SMILES string of the molecule is Cc1cccc(-n2ccnc2SC(C)C(=O)NC2CCCCC2C)c1. The van der Waals surface area contributed by atoms with Crippen LogP contribution in [0.1, 0.15) is 45.1 Å². The molecule has 1 saturated carbocycles. The number of imidazole rings is 1. The highest BCUT2D eigenvalue weighted by molar-refractivity contribution is 8.00. The Morgan fingerprint density at radius 3 is 2.92 bits per heavy atom. The normalized spacial score (nSPS) is 21.7. The predicted octanol–water partition coefficient (Wildman–Crippen LogP) is 4.36. The number of aromatic nitrogens is 2. The summed E-state index contributed by atoms with van der Waals surface area (Å²) in [7, 11) is 0. The van der Waals surface area contributed by atoms with Crippen molar-refractivity contribution in [3.63, 3.8) is 0 Å². The minimum atomic E-state index is -0.167. The van der Waals surface area contributed by atoms with Gasteiger partial charge in [-0.3, -0.25) is 9.36 Å². The van der Waals surface area contributed by atoms with E-state index >= 15 is 0 Å². The van der Waals surface area contributed by atoms with E-state index in [9.17, 15) is 4.79 Å². The molecule has 1 aliphatic rings. The molecular formula is C20H27N3OS. The fourth-order valence-electron chi connectivity index (χ4n) is 3.39. The molecular weight excluding hydrogens is 330 g/mol. The van der Waals surface area contributed by atoms with Gasteiger partial charge in [0, 0.05) is 24.1 Å². The van der Waals surface area contributed by atoms with E-state index in [0.29, 0.717) is 12.0 Å². The molecule has 134 valence electrons. The lowest BCUT2D eigenvalue weighted by atomic mass is 9.86. The molecule has 1 amide bonds. The first-order valence-corrected chi connectivity index (χ1v) is 10.00. The highest BCUT2D eigenvalue weighted by atomic mass is 32.2. The fourth-order valence-corrected chi connectivity index (χ4v) is 4.29. The monoisotopic (exact) mass is 357 g/mol. The van der Waals surface area contributed by atoms with Gasteiger partial charge in [0.2, 0.25) is 5.91 Å². The highest BCUT2D eigenvalue weighted by Gasteiger charge is 2.25. The number of carbonyl (C=O) groups is 1. The lowest BCUT2D eigenvalue weighted by molar-refractivity contribution is -0.121. The Morgan fingerprint density at radius 1 is 1.36 bits per heavy atom. The van der Waals surface area contributed by atoms with Gasteiger partial charge in [0.25, 0.3) is 0 Å². The highest BCUT2D eigenvalue weighted by Crippen LogP contribution is 2.27. The van der Waals surface area contributed by atoms with E-state index in [1.165, 1.54) is 36.6 Å². The quantitative estimate of drug-likeness (QED) is 0.809. The summed E-state index contributed by atoms with van der Waals surface area (Å²) < 4.78 is 2.05. The number of amides is 1. The van der Waals surface area contributed by atoms with Gasteiger partial charge in [-0.05, 0) is 50.3 Å². The Morgan fingerprint density at radius 2 is 2.16 bits per heavy atom. The Kier molecular flexibility index (Phi) is 5.84. The number of hydrogen-bond acceptors (Lipinski definition) is 3. The van der Waals surface area contributed by atoms with Gasteiger partial charge in [-0.25, -0.2) is 4.98 Å². The van der Waals surface area contributed by atoms with E-state index in [2.05, 4.69) is 42.3 Å². The van der Waals surface area contributed by atoms with Gasteiger partial charge in [0.15, 0.2) is 5.16 Å². The Labute approximate surface area is 154 Å². The van der Waals surface area contributed by atoms with Crippen LogP contribution in [0.15, 0.2) is 41.8 Å². The summed E-state index contributed by atoms with van der Waals surface area (Å²) >= 11 is 1.52. The van der Waals surface area contributed by atoms with E-state index in [1.807, 2.05) is 23.8 Å². The average molecular weight is 358 g/mol. The van der Waals surface area contributed by atoms with E-state index in [-0.39, 0.29) is 11.2 Å². The Balaban J connectivity index is 1.66. The van der Waals surface area contributed by atoms with Crippen LogP contribution in [0.5, 0.6) is 0 Å². The number of benzene rings is 1. The largest absolute Gasteiger partial charge is 0.352 e. The molecule has 3 atom stereocenters. The van der Waals surface area contributed by atoms with E-state index in [4.69, 9.17) is 0 Å². The molecule has 1 heterocycles. The maximum absolute atomic E-state index is 12.6. The first-order valence-electron chi connectivity index (χ1n) is 9.12. The molecule has 2 aromatic rings. The molecule has 0 aliphatic heterocycles. The third kappa shape index (κ3) is 4.46. The molecule has 4 nitrogen and oxygen atoms in total. The van der Waals surface area contributed by atoms with Crippen molar-refractivity contribution in [2.24, 2.45) is 5.92 Å². The van der Waals surface area contributed by atoms with Gasteiger partial charge in [0.05, 0.1) is 5.25 Å². The van der Waals surface area contributed by atoms with E-state index < -0.39 is 0 Å². The van der Waals surface area contributed by atoms with Crippen molar-refractivity contribution < 1.29 is 4.79 Å². The van der Waals surface area contributed by atoms with Gasteiger partial charge in [-0.2, -0.15) is 0 Å². The number of carbonyl (C=O) groups excluding carboxylic acids is 1. The summed E-state index contributed by atoms with van der Waals surface area (Å²) in [6.07, 6.45) is 8.55. The Hall–Kier alpha value is -1.75. The summed E-state index contributed by atoms with van der Waals surface area (Å²) in [5, 5.41) is 3.94. The van der Waals surface area contributed by atoms with Crippen LogP contribution in [0.3, 0.4) is 0 Å². The van der Waals surface area contributed by atoms with Crippen LogP contribution < -0.4 is 5.32 Å². The molecule has 3 rings (SSSR count). The van der Waals surface area contributed by atoms with E-state index in [1.54, 1.807) is 6.20 Å². The summed E-state index contributed by atoms with van der Waals surface area (Å²) in [6.45, 7) is 6.28.